The molecule has 1 rings (SSSR count). The van der Waals surface area contributed by atoms with Crippen LogP contribution in [0.2, 0.25) is 0 Å². The van der Waals surface area contributed by atoms with Gasteiger partial charge in [-0.15, -0.1) is 0 Å². The highest BCUT2D eigenvalue weighted by Crippen LogP contribution is 2.19. The van der Waals surface area contributed by atoms with E-state index in [1.807, 2.05) is 0 Å². The molecule has 98 valence electrons. The van der Waals surface area contributed by atoms with Gasteiger partial charge in [-0.05, 0) is 36.9 Å². The normalized spacial score (nSPS) is 13.2. The van der Waals surface area contributed by atoms with Crippen molar-refractivity contribution in [2.24, 2.45) is 5.92 Å². The van der Waals surface area contributed by atoms with Gasteiger partial charge < -0.3 is 9.88 Å². The van der Waals surface area contributed by atoms with Gasteiger partial charge in [0, 0.05) is 25.0 Å². The largest absolute Gasteiger partial charge is 0.354 e. The van der Waals surface area contributed by atoms with Gasteiger partial charge in [-0.3, -0.25) is 0 Å². The summed E-state index contributed by atoms with van der Waals surface area (Å²) in [6.45, 7) is 11.2. The lowest BCUT2D eigenvalue weighted by molar-refractivity contribution is 0.500. The van der Waals surface area contributed by atoms with E-state index < -0.39 is 0 Å². The zero-order valence-electron chi connectivity index (χ0n) is 11.9. The fraction of sp³-hybridized carbons (Fsp3) is 0.733. The molecule has 0 fully saturated rings. The summed E-state index contributed by atoms with van der Waals surface area (Å²) in [7, 11) is 0. The van der Waals surface area contributed by atoms with Gasteiger partial charge in [0.2, 0.25) is 0 Å². The maximum Gasteiger partial charge on any atom is 0.0335 e. The van der Waals surface area contributed by atoms with Crippen molar-refractivity contribution in [2.45, 2.75) is 59.5 Å². The van der Waals surface area contributed by atoms with Crippen LogP contribution in [0.3, 0.4) is 0 Å². The second-order valence-electron chi connectivity index (χ2n) is 5.26. The maximum absolute atomic E-state index is 3.56. The van der Waals surface area contributed by atoms with Crippen LogP contribution < -0.4 is 5.32 Å². The van der Waals surface area contributed by atoms with Gasteiger partial charge >= 0.3 is 0 Å². The third-order valence-electron chi connectivity index (χ3n) is 3.17. The standard InChI is InChI=1S/C15H28N2/c1-5-7-15(16-6-2)14-9-11-17(12-14)10-8-13(3)4/h9,11-13,15-16H,5-8,10H2,1-4H3. The zero-order chi connectivity index (χ0) is 12.7. The average Bonchev–Trinajstić information content (AvgIpc) is 2.74. The number of rotatable bonds is 8. The molecule has 2 nitrogen and oxygen atoms in total. The fourth-order valence-corrected chi connectivity index (χ4v) is 2.13. The van der Waals surface area contributed by atoms with Gasteiger partial charge in [0.15, 0.2) is 0 Å². The highest BCUT2D eigenvalue weighted by atomic mass is 15.0. The molecule has 0 saturated carbocycles. The second kappa shape index (κ2) is 7.54. The molecule has 1 aromatic rings. The first-order valence-electron chi connectivity index (χ1n) is 7.06. The molecule has 0 bridgehead atoms. The molecular formula is C15H28N2. The Morgan fingerprint density at radius 1 is 1.24 bits per heavy atom. The lowest BCUT2D eigenvalue weighted by Gasteiger charge is -2.15. The van der Waals surface area contributed by atoms with E-state index in [0.717, 1.165) is 19.0 Å². The summed E-state index contributed by atoms with van der Waals surface area (Å²) < 4.78 is 2.33. The lowest BCUT2D eigenvalue weighted by Crippen LogP contribution is -2.20. The van der Waals surface area contributed by atoms with Crippen molar-refractivity contribution >= 4 is 0 Å². The number of aryl methyl sites for hydroxylation is 1. The zero-order valence-corrected chi connectivity index (χ0v) is 11.9. The first kappa shape index (κ1) is 14.3. The van der Waals surface area contributed by atoms with Gasteiger partial charge in [0.1, 0.15) is 0 Å². The van der Waals surface area contributed by atoms with Crippen LogP contribution in [0.4, 0.5) is 0 Å². The summed E-state index contributed by atoms with van der Waals surface area (Å²) in [5.74, 6) is 0.779. The Morgan fingerprint density at radius 3 is 2.59 bits per heavy atom. The lowest BCUT2D eigenvalue weighted by atomic mass is 10.1. The smallest absolute Gasteiger partial charge is 0.0335 e. The van der Waals surface area contributed by atoms with E-state index in [4.69, 9.17) is 0 Å². The number of hydrogen-bond acceptors (Lipinski definition) is 1. The summed E-state index contributed by atoms with van der Waals surface area (Å²) in [4.78, 5) is 0. The predicted octanol–water partition coefficient (Wildman–Crippen LogP) is 3.98. The van der Waals surface area contributed by atoms with Crippen molar-refractivity contribution in [1.29, 1.82) is 0 Å². The second-order valence-corrected chi connectivity index (χ2v) is 5.26. The van der Waals surface area contributed by atoms with E-state index in [1.54, 1.807) is 0 Å². The Hall–Kier alpha value is -0.760. The predicted molar refractivity (Wildman–Crippen MR) is 75.2 cm³/mol. The van der Waals surface area contributed by atoms with Crippen LogP contribution in [0.1, 0.15) is 58.6 Å². The fourth-order valence-electron chi connectivity index (χ4n) is 2.13. The van der Waals surface area contributed by atoms with Crippen LogP contribution in [0, 0.1) is 5.92 Å². The number of nitrogens with zero attached hydrogens (tertiary/aromatic N) is 1. The maximum atomic E-state index is 3.56. The molecule has 0 aliphatic carbocycles. The molecule has 0 aliphatic heterocycles. The topological polar surface area (TPSA) is 17.0 Å². The molecular weight excluding hydrogens is 208 g/mol. The van der Waals surface area contributed by atoms with Crippen LogP contribution in [0.25, 0.3) is 0 Å². The first-order chi connectivity index (χ1) is 8.17. The van der Waals surface area contributed by atoms with Crippen molar-refractivity contribution < 1.29 is 0 Å². The Labute approximate surface area is 106 Å². The van der Waals surface area contributed by atoms with E-state index in [2.05, 4.69) is 56.0 Å². The average molecular weight is 236 g/mol. The Kier molecular flexibility index (Phi) is 6.35. The van der Waals surface area contributed by atoms with E-state index in [-0.39, 0.29) is 0 Å². The monoisotopic (exact) mass is 236 g/mol. The van der Waals surface area contributed by atoms with E-state index in [1.165, 1.54) is 24.8 Å². The summed E-state index contributed by atoms with van der Waals surface area (Å²) >= 11 is 0. The molecule has 1 heterocycles. The van der Waals surface area contributed by atoms with Gasteiger partial charge in [-0.1, -0.05) is 34.1 Å². The van der Waals surface area contributed by atoms with Crippen molar-refractivity contribution in [2.75, 3.05) is 6.54 Å². The van der Waals surface area contributed by atoms with Crippen molar-refractivity contribution in [3.63, 3.8) is 0 Å². The molecule has 1 atom stereocenters. The van der Waals surface area contributed by atoms with Crippen LogP contribution in [0.5, 0.6) is 0 Å². The van der Waals surface area contributed by atoms with Gasteiger partial charge in [-0.25, -0.2) is 0 Å². The summed E-state index contributed by atoms with van der Waals surface area (Å²) in [6, 6.07) is 2.80. The molecule has 0 aliphatic rings. The number of nitrogens with one attached hydrogen (secondary N) is 1. The minimum atomic E-state index is 0.533. The van der Waals surface area contributed by atoms with Gasteiger partial charge in [0.05, 0.1) is 0 Å². The Bertz CT molecular complexity index is 296. The van der Waals surface area contributed by atoms with Crippen LogP contribution >= 0.6 is 0 Å². The minimum absolute atomic E-state index is 0.533. The summed E-state index contributed by atoms with van der Waals surface area (Å²) in [6.07, 6.45) is 8.24. The van der Waals surface area contributed by atoms with Crippen LogP contribution in [-0.4, -0.2) is 11.1 Å². The molecule has 0 amide bonds. The van der Waals surface area contributed by atoms with Crippen molar-refractivity contribution in [3.05, 3.63) is 24.0 Å². The minimum Gasteiger partial charge on any atom is -0.354 e. The van der Waals surface area contributed by atoms with Gasteiger partial charge in [0.25, 0.3) is 0 Å². The van der Waals surface area contributed by atoms with E-state index in [0.29, 0.717) is 6.04 Å². The highest BCUT2D eigenvalue weighted by molar-refractivity contribution is 5.15. The third kappa shape index (κ3) is 4.95. The highest BCUT2D eigenvalue weighted by Gasteiger charge is 2.10. The third-order valence-corrected chi connectivity index (χ3v) is 3.17. The quantitative estimate of drug-likeness (QED) is 0.722. The molecule has 0 saturated heterocycles. The molecule has 17 heavy (non-hydrogen) atoms. The molecule has 1 N–H and O–H groups in total. The van der Waals surface area contributed by atoms with Crippen molar-refractivity contribution in [3.8, 4) is 0 Å². The molecule has 0 spiro atoms. The molecule has 1 aromatic heterocycles. The molecule has 1 unspecified atom stereocenters. The Balaban J connectivity index is 2.57. The van der Waals surface area contributed by atoms with Gasteiger partial charge in [-0.2, -0.15) is 0 Å². The molecule has 0 radical (unpaired) electrons. The van der Waals surface area contributed by atoms with E-state index >= 15 is 0 Å². The first-order valence-corrected chi connectivity index (χ1v) is 7.06. The summed E-state index contributed by atoms with van der Waals surface area (Å²) in [5, 5.41) is 3.56. The van der Waals surface area contributed by atoms with Crippen molar-refractivity contribution in [1.82, 2.24) is 9.88 Å². The van der Waals surface area contributed by atoms with Crippen LogP contribution in [0.15, 0.2) is 18.5 Å². The summed E-state index contributed by atoms with van der Waals surface area (Å²) in [5.41, 5.74) is 1.44. The van der Waals surface area contributed by atoms with Crippen LogP contribution in [-0.2, 0) is 6.54 Å². The SMILES string of the molecule is CCCC(NCC)c1ccn(CCC(C)C)c1. The number of hydrogen-bond donors (Lipinski definition) is 1. The van der Waals surface area contributed by atoms with E-state index in [9.17, 15) is 0 Å². The Morgan fingerprint density at radius 2 is 2.00 bits per heavy atom. The number of aromatic nitrogens is 1. The molecule has 0 aromatic carbocycles. The molecule has 2 heteroatoms.